The summed E-state index contributed by atoms with van der Waals surface area (Å²) in [7, 11) is 0. The standard InChI is InChI=1S/C23H28FN3O2/c24-18-11-9-16(10-12-18)7-8-17-4-3-13-27(15-17)23(29)21-14-20(25-26-21)19-5-1-2-6-22(19)28/h1-2,5-6,9-12,17,20-21,25-26,28H,3-4,7-8,13-15H2. The number of hydrogen-bond donors (Lipinski definition) is 3. The van der Waals surface area contributed by atoms with E-state index in [1.807, 2.05) is 29.2 Å². The van der Waals surface area contributed by atoms with Gasteiger partial charge in [0.1, 0.15) is 17.6 Å². The largest absolute Gasteiger partial charge is 0.508 e. The van der Waals surface area contributed by atoms with Crippen LogP contribution in [0, 0.1) is 11.7 Å². The Morgan fingerprint density at radius 1 is 1.14 bits per heavy atom. The van der Waals surface area contributed by atoms with Crippen molar-refractivity contribution in [3.8, 4) is 5.75 Å². The Morgan fingerprint density at radius 3 is 2.72 bits per heavy atom. The number of hydrazine groups is 1. The molecule has 1 amide bonds. The van der Waals surface area contributed by atoms with Crippen LogP contribution in [0.25, 0.3) is 0 Å². The van der Waals surface area contributed by atoms with Crippen molar-refractivity contribution >= 4 is 5.91 Å². The molecule has 4 rings (SSSR count). The van der Waals surface area contributed by atoms with Crippen LogP contribution in [-0.2, 0) is 11.2 Å². The van der Waals surface area contributed by atoms with Crippen LogP contribution in [-0.4, -0.2) is 35.0 Å². The highest BCUT2D eigenvalue weighted by Gasteiger charge is 2.35. The van der Waals surface area contributed by atoms with Crippen LogP contribution >= 0.6 is 0 Å². The fourth-order valence-corrected chi connectivity index (χ4v) is 4.45. The van der Waals surface area contributed by atoms with E-state index in [2.05, 4.69) is 10.9 Å². The predicted molar refractivity (Wildman–Crippen MR) is 110 cm³/mol. The van der Waals surface area contributed by atoms with Crippen molar-refractivity contribution in [1.29, 1.82) is 0 Å². The highest BCUT2D eigenvalue weighted by Crippen LogP contribution is 2.30. The molecule has 0 radical (unpaired) electrons. The third-order valence-electron chi connectivity index (χ3n) is 6.10. The number of carbonyl (C=O) groups is 1. The Bertz CT molecular complexity index is 842. The number of likely N-dealkylation sites (tertiary alicyclic amines) is 1. The minimum absolute atomic E-state index is 0.0794. The van der Waals surface area contributed by atoms with E-state index >= 15 is 0 Å². The van der Waals surface area contributed by atoms with E-state index in [4.69, 9.17) is 0 Å². The molecule has 5 nitrogen and oxygen atoms in total. The van der Waals surface area contributed by atoms with Crippen molar-refractivity contribution in [3.05, 3.63) is 65.5 Å². The number of piperidine rings is 1. The third kappa shape index (κ3) is 4.77. The molecule has 2 fully saturated rings. The molecular weight excluding hydrogens is 369 g/mol. The first-order chi connectivity index (χ1) is 14.1. The SMILES string of the molecule is O=C(C1CC(c2ccccc2O)NN1)N1CCCC(CCc2ccc(F)cc2)C1. The highest BCUT2D eigenvalue weighted by molar-refractivity contribution is 5.82. The van der Waals surface area contributed by atoms with Crippen LogP contribution in [0.4, 0.5) is 4.39 Å². The molecule has 2 aliphatic rings. The maximum atomic E-state index is 13.1. The van der Waals surface area contributed by atoms with Gasteiger partial charge in [-0.3, -0.25) is 4.79 Å². The normalized spacial score (nSPS) is 24.6. The van der Waals surface area contributed by atoms with E-state index in [1.54, 1.807) is 12.1 Å². The lowest BCUT2D eigenvalue weighted by Crippen LogP contribution is -2.49. The highest BCUT2D eigenvalue weighted by atomic mass is 19.1. The van der Waals surface area contributed by atoms with Gasteiger partial charge in [-0.1, -0.05) is 30.3 Å². The van der Waals surface area contributed by atoms with E-state index in [-0.39, 0.29) is 29.6 Å². The van der Waals surface area contributed by atoms with Gasteiger partial charge in [-0.15, -0.1) is 0 Å². The molecule has 2 aromatic carbocycles. The molecule has 29 heavy (non-hydrogen) atoms. The Hall–Kier alpha value is -2.44. The van der Waals surface area contributed by atoms with Gasteiger partial charge in [0.05, 0.1) is 6.04 Å². The van der Waals surface area contributed by atoms with Crippen LogP contribution in [0.1, 0.15) is 42.9 Å². The minimum Gasteiger partial charge on any atom is -0.508 e. The van der Waals surface area contributed by atoms with E-state index in [0.717, 1.165) is 49.9 Å². The van der Waals surface area contributed by atoms with Crippen molar-refractivity contribution < 1.29 is 14.3 Å². The monoisotopic (exact) mass is 397 g/mol. The second-order valence-electron chi connectivity index (χ2n) is 8.15. The molecular formula is C23H28FN3O2. The molecule has 0 saturated carbocycles. The lowest BCUT2D eigenvalue weighted by atomic mass is 9.91. The topological polar surface area (TPSA) is 64.6 Å². The van der Waals surface area contributed by atoms with E-state index < -0.39 is 0 Å². The van der Waals surface area contributed by atoms with Gasteiger partial charge >= 0.3 is 0 Å². The third-order valence-corrected chi connectivity index (χ3v) is 6.10. The lowest BCUT2D eigenvalue weighted by molar-refractivity contribution is -0.135. The summed E-state index contributed by atoms with van der Waals surface area (Å²) >= 11 is 0. The minimum atomic E-state index is -0.282. The molecule has 0 bridgehead atoms. The number of aromatic hydroxyl groups is 1. The van der Waals surface area contributed by atoms with Crippen LogP contribution in [0.5, 0.6) is 5.75 Å². The summed E-state index contributed by atoms with van der Waals surface area (Å²) in [6.07, 6.45) is 4.68. The molecule has 0 aliphatic carbocycles. The van der Waals surface area contributed by atoms with E-state index in [1.165, 1.54) is 12.1 Å². The van der Waals surface area contributed by atoms with Gasteiger partial charge in [-0.25, -0.2) is 15.2 Å². The maximum absolute atomic E-state index is 13.1. The van der Waals surface area contributed by atoms with Crippen molar-refractivity contribution in [2.45, 2.75) is 44.2 Å². The Kier molecular flexibility index (Phi) is 6.11. The summed E-state index contributed by atoms with van der Waals surface area (Å²) < 4.78 is 13.1. The number of phenols is 1. The fraction of sp³-hybridized carbons (Fsp3) is 0.435. The second kappa shape index (κ2) is 8.93. The van der Waals surface area contributed by atoms with Gasteiger partial charge in [-0.2, -0.15) is 0 Å². The molecule has 2 heterocycles. The summed E-state index contributed by atoms with van der Waals surface area (Å²) in [5.41, 5.74) is 8.23. The fourth-order valence-electron chi connectivity index (χ4n) is 4.45. The first kappa shape index (κ1) is 19.9. The Labute approximate surface area is 170 Å². The van der Waals surface area contributed by atoms with Crippen molar-refractivity contribution in [2.24, 2.45) is 5.92 Å². The second-order valence-corrected chi connectivity index (χ2v) is 8.15. The summed E-state index contributed by atoms with van der Waals surface area (Å²) in [6, 6.07) is 13.6. The average molecular weight is 397 g/mol. The predicted octanol–water partition coefficient (Wildman–Crippen LogP) is 3.31. The van der Waals surface area contributed by atoms with Crippen LogP contribution < -0.4 is 10.9 Å². The van der Waals surface area contributed by atoms with Crippen molar-refractivity contribution in [1.82, 2.24) is 15.8 Å². The number of hydrogen-bond acceptors (Lipinski definition) is 4. The number of amides is 1. The quantitative estimate of drug-likeness (QED) is 0.724. The zero-order valence-electron chi connectivity index (χ0n) is 16.5. The first-order valence-corrected chi connectivity index (χ1v) is 10.4. The summed E-state index contributed by atoms with van der Waals surface area (Å²) in [5, 5.41) is 10.1. The summed E-state index contributed by atoms with van der Waals surface area (Å²) in [5.74, 6) is 0.643. The molecule has 0 aromatic heterocycles. The number of carbonyl (C=O) groups excluding carboxylic acids is 1. The smallest absolute Gasteiger partial charge is 0.241 e. The van der Waals surface area contributed by atoms with Gasteiger partial charge in [0.15, 0.2) is 0 Å². The van der Waals surface area contributed by atoms with Gasteiger partial charge in [0.25, 0.3) is 0 Å². The molecule has 2 aromatic rings. The number of nitrogens with zero attached hydrogens (tertiary/aromatic N) is 1. The molecule has 6 heteroatoms. The zero-order chi connectivity index (χ0) is 20.2. The number of benzene rings is 2. The molecule has 3 N–H and O–H groups in total. The van der Waals surface area contributed by atoms with Crippen LogP contribution in [0.3, 0.4) is 0 Å². The number of phenolic OH excluding ortho intramolecular Hbond substituents is 1. The van der Waals surface area contributed by atoms with Crippen molar-refractivity contribution in [3.63, 3.8) is 0 Å². The van der Waals surface area contributed by atoms with E-state index in [9.17, 15) is 14.3 Å². The molecule has 2 saturated heterocycles. The average Bonchev–Trinajstić information content (AvgIpc) is 3.23. The van der Waals surface area contributed by atoms with Gasteiger partial charge in [0.2, 0.25) is 5.91 Å². The lowest BCUT2D eigenvalue weighted by Gasteiger charge is -2.34. The molecule has 2 aliphatic heterocycles. The Balaban J connectivity index is 1.30. The summed E-state index contributed by atoms with van der Waals surface area (Å²) in [6.45, 7) is 1.57. The van der Waals surface area contributed by atoms with Gasteiger partial charge in [0, 0.05) is 18.7 Å². The van der Waals surface area contributed by atoms with Gasteiger partial charge < -0.3 is 10.0 Å². The number of aryl methyl sites for hydroxylation is 1. The zero-order valence-corrected chi connectivity index (χ0v) is 16.5. The molecule has 154 valence electrons. The van der Waals surface area contributed by atoms with E-state index in [0.29, 0.717) is 12.3 Å². The maximum Gasteiger partial charge on any atom is 0.241 e. The molecule has 3 unspecified atom stereocenters. The van der Waals surface area contributed by atoms with Crippen LogP contribution in [0.2, 0.25) is 0 Å². The first-order valence-electron chi connectivity index (χ1n) is 10.4. The van der Waals surface area contributed by atoms with Gasteiger partial charge in [-0.05, 0) is 61.8 Å². The number of nitrogens with one attached hydrogen (secondary N) is 2. The molecule has 3 atom stereocenters. The number of para-hydroxylation sites is 1. The van der Waals surface area contributed by atoms with Crippen LogP contribution in [0.15, 0.2) is 48.5 Å². The summed E-state index contributed by atoms with van der Waals surface area (Å²) in [4.78, 5) is 15.0. The number of halogens is 1. The number of rotatable bonds is 5. The molecule has 0 spiro atoms. The van der Waals surface area contributed by atoms with Crippen molar-refractivity contribution in [2.75, 3.05) is 13.1 Å². The Morgan fingerprint density at radius 2 is 1.93 bits per heavy atom.